The van der Waals surface area contributed by atoms with Crippen molar-refractivity contribution in [3.8, 4) is 5.69 Å². The largest absolute Gasteiger partial charge is 0.364 e. The number of allylic oxidation sites excluding steroid dienone is 1. The molecule has 3 N–H and O–H groups in total. The van der Waals surface area contributed by atoms with Crippen LogP contribution in [0.1, 0.15) is 42.6 Å². The Morgan fingerprint density at radius 1 is 1.12 bits per heavy atom. The first-order valence-electron chi connectivity index (χ1n) is 8.10. The number of hydrogen-bond donors (Lipinski definition) is 2. The van der Waals surface area contributed by atoms with Crippen LogP contribution in [0.25, 0.3) is 5.69 Å². The van der Waals surface area contributed by atoms with Crippen LogP contribution in [0.5, 0.6) is 0 Å². The molecule has 0 saturated heterocycles. The zero-order valence-corrected chi connectivity index (χ0v) is 13.4. The number of carbonyl (C=O) groups excluding carboxylic acids is 2. The van der Waals surface area contributed by atoms with Gasteiger partial charge in [0.05, 0.1) is 11.4 Å². The number of hydrogen-bond acceptors (Lipinski definition) is 3. The van der Waals surface area contributed by atoms with E-state index in [4.69, 9.17) is 5.73 Å². The Bertz CT molecular complexity index is 792. The Labute approximate surface area is 140 Å². The van der Waals surface area contributed by atoms with Crippen LogP contribution in [0.3, 0.4) is 0 Å². The maximum atomic E-state index is 12.5. The van der Waals surface area contributed by atoms with E-state index in [-0.39, 0.29) is 11.6 Å². The van der Waals surface area contributed by atoms with E-state index in [0.717, 1.165) is 37.7 Å². The lowest BCUT2D eigenvalue weighted by atomic mass is 10.1. The summed E-state index contributed by atoms with van der Waals surface area (Å²) in [6, 6.07) is 8.89. The van der Waals surface area contributed by atoms with Gasteiger partial charge in [0.2, 0.25) is 0 Å². The van der Waals surface area contributed by atoms with E-state index >= 15 is 0 Å². The Morgan fingerprint density at radius 3 is 2.75 bits per heavy atom. The average Bonchev–Trinajstić information content (AvgIpc) is 2.91. The third-order valence-corrected chi connectivity index (χ3v) is 4.07. The Hall–Kier alpha value is -2.89. The van der Waals surface area contributed by atoms with Gasteiger partial charge >= 0.3 is 0 Å². The van der Waals surface area contributed by atoms with Gasteiger partial charge in [-0.05, 0) is 43.9 Å². The molecule has 0 atom stereocenters. The first-order valence-corrected chi connectivity index (χ1v) is 8.10. The van der Waals surface area contributed by atoms with Gasteiger partial charge in [-0.2, -0.15) is 5.10 Å². The van der Waals surface area contributed by atoms with Crippen molar-refractivity contribution in [2.45, 2.75) is 32.1 Å². The van der Waals surface area contributed by atoms with Gasteiger partial charge in [0.25, 0.3) is 11.8 Å². The summed E-state index contributed by atoms with van der Waals surface area (Å²) >= 11 is 0. The van der Waals surface area contributed by atoms with E-state index < -0.39 is 5.91 Å². The van der Waals surface area contributed by atoms with Crippen molar-refractivity contribution in [1.29, 1.82) is 0 Å². The van der Waals surface area contributed by atoms with Crippen molar-refractivity contribution in [3.63, 3.8) is 0 Å². The number of para-hydroxylation sites is 2. The number of anilines is 1. The molecule has 1 aromatic carbocycles. The number of nitrogens with zero attached hydrogens (tertiary/aromatic N) is 2. The first-order chi connectivity index (χ1) is 11.6. The second-order valence-electron chi connectivity index (χ2n) is 5.81. The number of primary amides is 1. The monoisotopic (exact) mass is 324 g/mol. The van der Waals surface area contributed by atoms with Gasteiger partial charge < -0.3 is 11.1 Å². The zero-order valence-electron chi connectivity index (χ0n) is 13.4. The molecule has 0 spiro atoms. The second kappa shape index (κ2) is 7.12. The minimum absolute atomic E-state index is 0.0772. The number of carbonyl (C=O) groups is 2. The summed E-state index contributed by atoms with van der Waals surface area (Å²) in [7, 11) is 0. The molecule has 24 heavy (non-hydrogen) atoms. The molecule has 0 saturated carbocycles. The molecule has 1 heterocycles. The summed E-state index contributed by atoms with van der Waals surface area (Å²) in [4.78, 5) is 23.8. The van der Waals surface area contributed by atoms with Crippen molar-refractivity contribution < 1.29 is 9.59 Å². The molecular weight excluding hydrogens is 304 g/mol. The van der Waals surface area contributed by atoms with E-state index in [9.17, 15) is 9.59 Å². The molecular formula is C18H20N4O2. The van der Waals surface area contributed by atoms with Gasteiger partial charge in [0, 0.05) is 11.8 Å². The fourth-order valence-electron chi connectivity index (χ4n) is 2.79. The molecule has 6 nitrogen and oxygen atoms in total. The van der Waals surface area contributed by atoms with Crippen molar-refractivity contribution >= 4 is 17.5 Å². The highest BCUT2D eigenvalue weighted by Gasteiger charge is 2.15. The fourth-order valence-corrected chi connectivity index (χ4v) is 2.79. The van der Waals surface area contributed by atoms with E-state index in [1.807, 2.05) is 30.3 Å². The number of aromatic nitrogens is 2. The molecule has 3 rings (SSSR count). The van der Waals surface area contributed by atoms with E-state index in [1.54, 1.807) is 12.3 Å². The summed E-state index contributed by atoms with van der Waals surface area (Å²) in [5.74, 6) is -0.662. The van der Waals surface area contributed by atoms with E-state index in [0.29, 0.717) is 11.4 Å². The lowest BCUT2D eigenvalue weighted by molar-refractivity contribution is -0.113. The number of nitrogens with one attached hydrogen (secondary N) is 1. The topological polar surface area (TPSA) is 90.0 Å². The predicted octanol–water partition coefficient (Wildman–Crippen LogP) is 2.80. The molecule has 6 heteroatoms. The van der Waals surface area contributed by atoms with Crippen molar-refractivity contribution in [1.82, 2.24) is 9.78 Å². The molecule has 2 aromatic rings. The Kier molecular flexibility index (Phi) is 4.74. The second-order valence-corrected chi connectivity index (χ2v) is 5.81. The van der Waals surface area contributed by atoms with Crippen LogP contribution < -0.4 is 11.1 Å². The fraction of sp³-hybridized carbons (Fsp3) is 0.278. The van der Waals surface area contributed by atoms with Crippen molar-refractivity contribution in [3.05, 3.63) is 53.9 Å². The lowest BCUT2D eigenvalue weighted by Gasteiger charge is -2.12. The third-order valence-electron chi connectivity index (χ3n) is 4.07. The van der Waals surface area contributed by atoms with Gasteiger partial charge in [-0.1, -0.05) is 24.6 Å². The smallest absolute Gasteiger partial charge is 0.269 e. The number of benzene rings is 1. The highest BCUT2D eigenvalue weighted by molar-refractivity contribution is 6.04. The Morgan fingerprint density at radius 2 is 1.96 bits per heavy atom. The van der Waals surface area contributed by atoms with Gasteiger partial charge in [0.1, 0.15) is 5.69 Å². The number of amides is 2. The van der Waals surface area contributed by atoms with Crippen molar-refractivity contribution in [2.75, 3.05) is 5.32 Å². The van der Waals surface area contributed by atoms with E-state index in [2.05, 4.69) is 10.4 Å². The highest BCUT2D eigenvalue weighted by Crippen LogP contribution is 2.23. The van der Waals surface area contributed by atoms with Crippen LogP contribution in [0.2, 0.25) is 0 Å². The van der Waals surface area contributed by atoms with Crippen LogP contribution in [0.4, 0.5) is 5.69 Å². The summed E-state index contributed by atoms with van der Waals surface area (Å²) in [5.41, 5.74) is 7.59. The summed E-state index contributed by atoms with van der Waals surface area (Å²) in [6.07, 6.45) is 8.78. The maximum absolute atomic E-state index is 12.5. The lowest BCUT2D eigenvalue weighted by Crippen LogP contribution is -2.16. The number of nitrogens with two attached hydrogens (primary N) is 1. The maximum Gasteiger partial charge on any atom is 0.269 e. The van der Waals surface area contributed by atoms with Gasteiger partial charge in [-0.25, -0.2) is 4.68 Å². The van der Waals surface area contributed by atoms with Gasteiger partial charge in [-0.3, -0.25) is 9.59 Å². The molecule has 0 unspecified atom stereocenters. The molecule has 0 fully saturated rings. The molecule has 124 valence electrons. The minimum Gasteiger partial charge on any atom is -0.364 e. The normalized spacial score (nSPS) is 14.6. The van der Waals surface area contributed by atoms with Crippen LogP contribution in [0, 0.1) is 0 Å². The Balaban J connectivity index is 1.84. The summed E-state index contributed by atoms with van der Waals surface area (Å²) < 4.78 is 1.54. The van der Waals surface area contributed by atoms with Gasteiger partial charge in [-0.15, -0.1) is 0 Å². The predicted molar refractivity (Wildman–Crippen MR) is 91.9 cm³/mol. The van der Waals surface area contributed by atoms with Crippen LogP contribution in [-0.4, -0.2) is 21.6 Å². The minimum atomic E-state index is -0.584. The molecule has 2 amide bonds. The van der Waals surface area contributed by atoms with Gasteiger partial charge in [0.15, 0.2) is 0 Å². The quantitative estimate of drug-likeness (QED) is 0.906. The molecule has 0 bridgehead atoms. The number of rotatable bonds is 4. The first kappa shape index (κ1) is 16.0. The van der Waals surface area contributed by atoms with Crippen LogP contribution >= 0.6 is 0 Å². The van der Waals surface area contributed by atoms with Crippen molar-refractivity contribution in [2.24, 2.45) is 5.73 Å². The molecule has 1 aromatic heterocycles. The summed E-state index contributed by atoms with van der Waals surface area (Å²) in [6.45, 7) is 0. The highest BCUT2D eigenvalue weighted by atomic mass is 16.2. The SMILES string of the molecule is NC(=O)c1ccn(-c2ccccc2NC(=O)C2=CCCCCC2)n1. The molecule has 0 radical (unpaired) electrons. The molecule has 1 aliphatic rings. The molecule has 1 aliphatic carbocycles. The third kappa shape index (κ3) is 3.53. The zero-order chi connectivity index (χ0) is 16.9. The van der Waals surface area contributed by atoms with Crippen LogP contribution in [-0.2, 0) is 4.79 Å². The summed E-state index contributed by atoms with van der Waals surface area (Å²) in [5, 5.41) is 7.11. The standard InChI is InChI=1S/C18H20N4O2/c19-17(23)15-11-12-22(21-15)16-10-6-5-9-14(16)20-18(24)13-7-3-1-2-4-8-13/h5-7,9-12H,1-4,8H2,(H2,19,23)(H,20,24). The van der Waals surface area contributed by atoms with E-state index in [1.165, 1.54) is 4.68 Å². The molecule has 0 aliphatic heterocycles. The average molecular weight is 324 g/mol. The van der Waals surface area contributed by atoms with Crippen LogP contribution in [0.15, 0.2) is 48.2 Å².